The van der Waals surface area contributed by atoms with Crippen LogP contribution in [0.2, 0.25) is 0 Å². The van der Waals surface area contributed by atoms with Crippen LogP contribution in [0.1, 0.15) is 139 Å². The second-order valence-corrected chi connectivity index (χ2v) is 19.4. The van der Waals surface area contributed by atoms with Crippen molar-refractivity contribution >= 4 is 67.5 Å². The lowest BCUT2D eigenvalue weighted by molar-refractivity contribution is -0.132. The quantitative estimate of drug-likeness (QED) is 0.0808. The lowest BCUT2D eigenvalue weighted by Crippen LogP contribution is -2.24. The van der Waals surface area contributed by atoms with Gasteiger partial charge in [-0.05, 0) is 115 Å². The second-order valence-electron chi connectivity index (χ2n) is 16.6. The summed E-state index contributed by atoms with van der Waals surface area (Å²) in [6.07, 6.45) is 0.606. The van der Waals surface area contributed by atoms with E-state index in [0.717, 1.165) is 71.7 Å². The normalized spacial score (nSPS) is 11.4. The molecule has 3 rings (SSSR count). The molecule has 0 unspecified atom stereocenters. The Balaban J connectivity index is 0.000000707. The van der Waals surface area contributed by atoms with Crippen LogP contribution in [-0.2, 0) is 45.0 Å². The first kappa shape index (κ1) is 52.1. The fourth-order valence-corrected chi connectivity index (χ4v) is 9.94. The summed E-state index contributed by atoms with van der Waals surface area (Å²) < 4.78 is 16.2. The lowest BCUT2D eigenvalue weighted by Gasteiger charge is -2.29. The van der Waals surface area contributed by atoms with Gasteiger partial charge in [0, 0.05) is 73.0 Å². The van der Waals surface area contributed by atoms with Gasteiger partial charge in [-0.25, -0.2) is 0 Å². The van der Waals surface area contributed by atoms with E-state index in [1.165, 1.54) is 20.8 Å². The molecule has 0 aliphatic rings. The van der Waals surface area contributed by atoms with Crippen LogP contribution in [0.15, 0.2) is 36.4 Å². The first-order chi connectivity index (χ1) is 26.1. The Morgan fingerprint density at radius 1 is 0.483 bits per heavy atom. The van der Waals surface area contributed by atoms with Crippen molar-refractivity contribution in [3.8, 4) is 17.2 Å². The zero-order valence-corrected chi connectivity index (χ0v) is 38.6. The summed E-state index contributed by atoms with van der Waals surface area (Å²) in [6.45, 7) is 27.3. The van der Waals surface area contributed by atoms with Crippen LogP contribution < -0.4 is 14.2 Å². The van der Waals surface area contributed by atoms with E-state index in [-0.39, 0.29) is 48.0 Å². The van der Waals surface area contributed by atoms with Crippen molar-refractivity contribution in [1.29, 1.82) is 0 Å². The van der Waals surface area contributed by atoms with Gasteiger partial charge in [-0.1, -0.05) is 67.2 Å². The van der Waals surface area contributed by atoms with Crippen LogP contribution >= 0.6 is 34.2 Å². The van der Waals surface area contributed by atoms with Gasteiger partial charge < -0.3 is 14.2 Å². The molecule has 0 bridgehead atoms. The summed E-state index contributed by atoms with van der Waals surface area (Å²) >= 11 is 3.85. The molecular formula is C46H62O9S3. The molecule has 0 saturated heterocycles. The molecule has 318 valence electrons. The lowest BCUT2D eigenvalue weighted by atomic mass is 9.78. The summed E-state index contributed by atoms with van der Waals surface area (Å²) in [5.74, 6) is 0.249. The average molecular weight is 855 g/mol. The van der Waals surface area contributed by atoms with E-state index in [0.29, 0.717) is 17.2 Å². The highest BCUT2D eigenvalue weighted by molar-refractivity contribution is 8.87. The summed E-state index contributed by atoms with van der Waals surface area (Å²) in [4.78, 5) is 71.9. The van der Waals surface area contributed by atoms with Crippen molar-refractivity contribution in [3.63, 3.8) is 0 Å². The number of carbonyl (C=O) groups is 6. The molecular weight excluding hydrogens is 793 g/mol. The van der Waals surface area contributed by atoms with E-state index in [4.69, 9.17) is 14.2 Å². The van der Waals surface area contributed by atoms with E-state index >= 15 is 0 Å². The number of thiol groups is 1. The summed E-state index contributed by atoms with van der Waals surface area (Å²) in [5, 5.41) is -0.474. The minimum atomic E-state index is -0.618. The fourth-order valence-electron chi connectivity index (χ4n) is 7.61. The molecule has 0 aliphatic heterocycles. The highest BCUT2D eigenvalue weighted by Gasteiger charge is 2.34. The molecule has 58 heavy (non-hydrogen) atoms. The van der Waals surface area contributed by atoms with Crippen molar-refractivity contribution in [2.45, 2.75) is 147 Å². The molecule has 0 aromatic heterocycles. The Bertz CT molecular complexity index is 1950. The van der Waals surface area contributed by atoms with Crippen molar-refractivity contribution < 1.29 is 43.0 Å². The van der Waals surface area contributed by atoms with E-state index in [9.17, 15) is 28.8 Å². The van der Waals surface area contributed by atoms with Gasteiger partial charge in [-0.2, -0.15) is 0 Å². The molecule has 0 fully saturated rings. The highest BCUT2D eigenvalue weighted by Crippen LogP contribution is 2.43. The molecule has 0 heterocycles. The predicted molar refractivity (Wildman–Crippen MR) is 241 cm³/mol. The zero-order chi connectivity index (χ0) is 43.8. The minimum absolute atomic E-state index is 0. The largest absolute Gasteiger partial charge is 0.426 e. The maximum absolute atomic E-state index is 13.0. The smallest absolute Gasteiger partial charge is 0.308 e. The number of hydrogen-bond acceptors (Lipinski definition) is 11. The van der Waals surface area contributed by atoms with Crippen LogP contribution in [0.3, 0.4) is 0 Å². The number of aryl methyl sites for hydroxylation is 6. The molecule has 9 nitrogen and oxygen atoms in total. The van der Waals surface area contributed by atoms with Crippen LogP contribution in [0.4, 0.5) is 0 Å². The fraction of sp³-hybridized carbons (Fsp3) is 0.478. The van der Waals surface area contributed by atoms with E-state index in [1.807, 2.05) is 107 Å². The monoisotopic (exact) mass is 854 g/mol. The summed E-state index contributed by atoms with van der Waals surface area (Å²) in [7, 11) is 1.85. The number of benzene rings is 3. The number of ether oxygens (including phenoxy) is 3. The average Bonchev–Trinajstić information content (AvgIpc) is 2.96. The Labute approximate surface area is 359 Å². The highest BCUT2D eigenvalue weighted by atomic mass is 33.1. The topological polar surface area (TPSA) is 130 Å². The third-order valence-corrected chi connectivity index (χ3v) is 11.4. The molecule has 0 amide bonds. The van der Waals surface area contributed by atoms with Crippen LogP contribution in [0.25, 0.3) is 0 Å². The van der Waals surface area contributed by atoms with Crippen molar-refractivity contribution in [3.05, 3.63) is 86.5 Å². The van der Waals surface area contributed by atoms with E-state index in [1.54, 1.807) is 12.1 Å². The van der Waals surface area contributed by atoms with Crippen molar-refractivity contribution in [2.75, 3.05) is 0 Å². The number of rotatable bonds is 12. The molecule has 3 aromatic carbocycles. The van der Waals surface area contributed by atoms with E-state index in [2.05, 4.69) is 12.6 Å². The van der Waals surface area contributed by atoms with Gasteiger partial charge in [-0.15, -0.1) is 12.6 Å². The van der Waals surface area contributed by atoms with Crippen LogP contribution in [-0.4, -0.2) is 33.3 Å². The summed E-state index contributed by atoms with van der Waals surface area (Å²) in [5.41, 5.74) is 6.65. The van der Waals surface area contributed by atoms with Crippen molar-refractivity contribution in [2.24, 2.45) is 0 Å². The predicted octanol–water partition coefficient (Wildman–Crippen LogP) is 11.2. The van der Waals surface area contributed by atoms with Gasteiger partial charge in [0.1, 0.15) is 17.2 Å². The standard InChI is InChI=1S/C30H38O6S2.C15H20O3S.CH4/c1-17-11-19(3)27(23(13-17)35-21(5)31)29(7,8)15-25(33)37-38-26(34)16-30(9,10)28-20(4)12-18(2)14-24(28)36-22(6)32;1-9-6-10(2)14(12(7-9)18-11(3)16)15(4,5)8-13(17)19;/h11-14H,15-16H2,1-10H3;6-7H,8H2,1-5H3,(H,17,19);1H4. The number of carbonyl (C=O) groups excluding carboxylic acids is 6. The molecule has 0 aliphatic carbocycles. The third-order valence-electron chi connectivity index (χ3n) is 9.12. The number of esters is 3. The molecule has 0 radical (unpaired) electrons. The van der Waals surface area contributed by atoms with E-state index < -0.39 is 28.2 Å². The van der Waals surface area contributed by atoms with Gasteiger partial charge in [0.15, 0.2) is 5.12 Å². The first-order valence-corrected chi connectivity index (χ1v) is 21.2. The molecule has 0 atom stereocenters. The SMILES string of the molecule is C.CC(=O)Oc1cc(C)cc(C)c1C(C)(C)CC(=O)S.CC(=O)Oc1cc(C)cc(C)c1C(C)(C)CC(=O)SSC(=O)CC(C)(C)c1c(C)cc(C)cc1OC(C)=O. The number of hydrogen-bond donors (Lipinski definition) is 1. The van der Waals surface area contributed by atoms with Crippen LogP contribution in [0.5, 0.6) is 17.2 Å². The minimum Gasteiger partial charge on any atom is -0.426 e. The van der Waals surface area contributed by atoms with Gasteiger partial charge in [0.05, 0.1) is 0 Å². The van der Waals surface area contributed by atoms with Gasteiger partial charge in [-0.3, -0.25) is 28.8 Å². The first-order valence-electron chi connectivity index (χ1n) is 18.6. The maximum atomic E-state index is 13.0. The maximum Gasteiger partial charge on any atom is 0.308 e. The van der Waals surface area contributed by atoms with Crippen LogP contribution in [0, 0.1) is 41.5 Å². The molecule has 0 N–H and O–H groups in total. The van der Waals surface area contributed by atoms with Crippen molar-refractivity contribution in [1.82, 2.24) is 0 Å². The molecule has 12 heteroatoms. The zero-order valence-electron chi connectivity index (χ0n) is 36.0. The Hall–Kier alpha value is -3.87. The van der Waals surface area contributed by atoms with Gasteiger partial charge in [0.2, 0.25) is 10.2 Å². The summed E-state index contributed by atoms with van der Waals surface area (Å²) in [6, 6.07) is 11.5. The van der Waals surface area contributed by atoms with Gasteiger partial charge >= 0.3 is 17.9 Å². The molecule has 3 aromatic rings. The second kappa shape index (κ2) is 21.4. The molecule has 0 spiro atoms. The Morgan fingerprint density at radius 3 is 0.948 bits per heavy atom. The third kappa shape index (κ3) is 15.4. The Morgan fingerprint density at radius 2 is 0.724 bits per heavy atom. The molecule has 0 saturated carbocycles. The van der Waals surface area contributed by atoms with Gasteiger partial charge in [0.25, 0.3) is 0 Å². The Kier molecular flexibility index (Phi) is 19.2.